The third-order valence-corrected chi connectivity index (χ3v) is 3.23. The number of hydrogen-bond acceptors (Lipinski definition) is 1. The van der Waals surface area contributed by atoms with Gasteiger partial charge in [0.1, 0.15) is 0 Å². The van der Waals surface area contributed by atoms with Gasteiger partial charge in [-0.25, -0.2) is 0 Å². The highest BCUT2D eigenvalue weighted by Gasteiger charge is 2.30. The summed E-state index contributed by atoms with van der Waals surface area (Å²) >= 11 is 5.83. The first-order valence-corrected chi connectivity index (χ1v) is 7.10. The van der Waals surface area contributed by atoms with E-state index in [9.17, 15) is 18.0 Å². The molecule has 0 saturated heterocycles. The normalized spacial score (nSPS) is 11.7. The Kier molecular flexibility index (Phi) is 5.45. The predicted molar refractivity (Wildman–Crippen MR) is 83.8 cm³/mol. The monoisotopic (exact) mass is 339 g/mol. The van der Waals surface area contributed by atoms with E-state index in [-0.39, 0.29) is 6.54 Å². The number of rotatable bonds is 4. The van der Waals surface area contributed by atoms with E-state index >= 15 is 0 Å². The van der Waals surface area contributed by atoms with Crippen LogP contribution in [-0.2, 0) is 17.5 Å². The molecule has 0 aromatic heterocycles. The molecule has 0 bridgehead atoms. The van der Waals surface area contributed by atoms with Crippen molar-refractivity contribution in [1.29, 1.82) is 0 Å². The van der Waals surface area contributed by atoms with Gasteiger partial charge in [0.2, 0.25) is 5.91 Å². The van der Waals surface area contributed by atoms with Gasteiger partial charge < -0.3 is 5.32 Å². The summed E-state index contributed by atoms with van der Waals surface area (Å²) in [6.45, 7) is 0.284. The Morgan fingerprint density at radius 1 is 1.13 bits per heavy atom. The summed E-state index contributed by atoms with van der Waals surface area (Å²) in [5.41, 5.74) is 0.384. The fourth-order valence-electron chi connectivity index (χ4n) is 1.89. The molecule has 6 heteroatoms. The van der Waals surface area contributed by atoms with Crippen LogP contribution in [0, 0.1) is 0 Å². The molecule has 0 aliphatic rings. The summed E-state index contributed by atoms with van der Waals surface area (Å²) in [4.78, 5) is 11.7. The van der Waals surface area contributed by atoms with Crippen molar-refractivity contribution < 1.29 is 18.0 Å². The number of nitrogens with one attached hydrogen (secondary N) is 1. The van der Waals surface area contributed by atoms with Gasteiger partial charge in [0, 0.05) is 17.6 Å². The van der Waals surface area contributed by atoms with Gasteiger partial charge >= 0.3 is 6.18 Å². The minimum absolute atomic E-state index is 0.284. The molecule has 0 saturated carbocycles. The quantitative estimate of drug-likeness (QED) is 0.804. The molecule has 0 atom stereocenters. The number of hydrogen-bond donors (Lipinski definition) is 1. The lowest BCUT2D eigenvalue weighted by atomic mass is 10.1. The van der Waals surface area contributed by atoms with Crippen molar-refractivity contribution >= 4 is 23.6 Å². The first-order valence-electron chi connectivity index (χ1n) is 6.72. The van der Waals surface area contributed by atoms with E-state index < -0.39 is 17.6 Å². The Balaban J connectivity index is 1.96. The summed E-state index contributed by atoms with van der Waals surface area (Å²) < 4.78 is 37.8. The third kappa shape index (κ3) is 5.45. The summed E-state index contributed by atoms with van der Waals surface area (Å²) in [7, 11) is 0. The van der Waals surface area contributed by atoms with Gasteiger partial charge in [0.05, 0.1) is 5.56 Å². The average Bonchev–Trinajstić information content (AvgIpc) is 2.50. The zero-order valence-corrected chi connectivity index (χ0v) is 12.7. The number of halogens is 4. The molecule has 0 aliphatic heterocycles. The molecular formula is C17H13ClF3NO. The fourth-order valence-corrected chi connectivity index (χ4v) is 2.10. The van der Waals surface area contributed by atoms with Gasteiger partial charge in [-0.3, -0.25) is 4.79 Å². The van der Waals surface area contributed by atoms with E-state index in [0.29, 0.717) is 10.6 Å². The van der Waals surface area contributed by atoms with Crippen molar-refractivity contribution in [2.24, 2.45) is 0 Å². The van der Waals surface area contributed by atoms with Gasteiger partial charge in [0.15, 0.2) is 0 Å². The van der Waals surface area contributed by atoms with E-state index in [0.717, 1.165) is 17.7 Å². The molecule has 2 aromatic rings. The van der Waals surface area contributed by atoms with Gasteiger partial charge in [-0.15, -0.1) is 0 Å². The molecule has 0 spiro atoms. The molecule has 23 heavy (non-hydrogen) atoms. The van der Waals surface area contributed by atoms with Gasteiger partial charge in [-0.2, -0.15) is 13.2 Å². The molecule has 0 unspecified atom stereocenters. The highest BCUT2D eigenvalue weighted by Crippen LogP contribution is 2.29. The lowest BCUT2D eigenvalue weighted by Crippen LogP contribution is -2.20. The van der Waals surface area contributed by atoms with Crippen LogP contribution in [-0.4, -0.2) is 5.91 Å². The van der Waals surface area contributed by atoms with Crippen molar-refractivity contribution in [3.8, 4) is 0 Å². The van der Waals surface area contributed by atoms with Crippen molar-refractivity contribution in [3.63, 3.8) is 0 Å². The Bertz CT molecular complexity index is 726. The van der Waals surface area contributed by atoms with Crippen LogP contribution >= 0.6 is 11.6 Å². The van der Waals surface area contributed by atoms with Crippen LogP contribution in [0.25, 0.3) is 6.08 Å². The maximum absolute atomic E-state index is 12.6. The summed E-state index contributed by atoms with van der Waals surface area (Å²) in [6, 6.07) is 11.8. The van der Waals surface area contributed by atoms with Crippen LogP contribution in [0.15, 0.2) is 54.6 Å². The topological polar surface area (TPSA) is 29.1 Å². The number of carbonyl (C=O) groups excluding carboxylic acids is 1. The van der Waals surface area contributed by atoms with Gasteiger partial charge in [-0.1, -0.05) is 35.9 Å². The fraction of sp³-hybridized carbons (Fsp3) is 0.118. The van der Waals surface area contributed by atoms with E-state index in [1.165, 1.54) is 24.3 Å². The molecule has 0 fully saturated rings. The van der Waals surface area contributed by atoms with Crippen LogP contribution in [0.2, 0.25) is 5.02 Å². The zero-order chi connectivity index (χ0) is 16.9. The number of benzene rings is 2. The first kappa shape index (κ1) is 17.1. The smallest absolute Gasteiger partial charge is 0.348 e. The summed E-state index contributed by atoms with van der Waals surface area (Å²) in [5, 5.41) is 3.20. The number of alkyl halides is 3. The SMILES string of the molecule is O=C(C=Cc1cccc(C(F)(F)F)c1)NCc1cccc(Cl)c1. The van der Waals surface area contributed by atoms with E-state index in [1.54, 1.807) is 18.2 Å². The molecule has 0 radical (unpaired) electrons. The van der Waals surface area contributed by atoms with Crippen LogP contribution in [0.3, 0.4) is 0 Å². The lowest BCUT2D eigenvalue weighted by Gasteiger charge is -2.06. The van der Waals surface area contributed by atoms with Gasteiger partial charge in [0.25, 0.3) is 0 Å². The summed E-state index contributed by atoms with van der Waals surface area (Å²) in [6.07, 6.45) is -1.87. The van der Waals surface area contributed by atoms with E-state index in [2.05, 4.69) is 5.32 Å². The highest BCUT2D eigenvalue weighted by atomic mass is 35.5. The molecule has 120 valence electrons. The van der Waals surface area contributed by atoms with Crippen molar-refractivity contribution in [1.82, 2.24) is 5.32 Å². The minimum atomic E-state index is -4.40. The van der Waals surface area contributed by atoms with Crippen LogP contribution in [0.5, 0.6) is 0 Å². The number of amides is 1. The molecule has 2 aromatic carbocycles. The van der Waals surface area contributed by atoms with Crippen LogP contribution in [0.1, 0.15) is 16.7 Å². The van der Waals surface area contributed by atoms with E-state index in [4.69, 9.17) is 11.6 Å². The Hall–Kier alpha value is -2.27. The standard InChI is InChI=1S/C17H13ClF3NO/c18-15-6-2-4-13(10-15)11-22-16(23)8-7-12-3-1-5-14(9-12)17(19,20)21/h1-10H,11H2,(H,22,23). The third-order valence-electron chi connectivity index (χ3n) is 3.00. The highest BCUT2D eigenvalue weighted by molar-refractivity contribution is 6.30. The largest absolute Gasteiger partial charge is 0.416 e. The second-order valence-corrected chi connectivity index (χ2v) is 5.24. The molecule has 2 nitrogen and oxygen atoms in total. The lowest BCUT2D eigenvalue weighted by molar-refractivity contribution is -0.137. The maximum Gasteiger partial charge on any atom is 0.416 e. The second kappa shape index (κ2) is 7.33. The van der Waals surface area contributed by atoms with Crippen LogP contribution < -0.4 is 5.32 Å². The van der Waals surface area contributed by atoms with Crippen molar-refractivity contribution in [2.75, 3.05) is 0 Å². The maximum atomic E-state index is 12.6. The number of carbonyl (C=O) groups is 1. The Morgan fingerprint density at radius 2 is 1.87 bits per heavy atom. The second-order valence-electron chi connectivity index (χ2n) is 4.80. The molecule has 1 amide bonds. The van der Waals surface area contributed by atoms with Gasteiger partial charge in [-0.05, 0) is 41.5 Å². The Labute approximate surface area is 136 Å². The van der Waals surface area contributed by atoms with E-state index in [1.807, 2.05) is 6.07 Å². The molecule has 2 rings (SSSR count). The molecule has 1 N–H and O–H groups in total. The first-order chi connectivity index (χ1) is 10.8. The molecular weight excluding hydrogens is 327 g/mol. The molecule has 0 aliphatic carbocycles. The Morgan fingerprint density at radius 3 is 2.57 bits per heavy atom. The van der Waals surface area contributed by atoms with Crippen molar-refractivity contribution in [3.05, 3.63) is 76.3 Å². The average molecular weight is 340 g/mol. The molecule has 0 heterocycles. The van der Waals surface area contributed by atoms with Crippen LogP contribution in [0.4, 0.5) is 13.2 Å². The predicted octanol–water partition coefficient (Wildman–Crippen LogP) is 4.69. The summed E-state index contributed by atoms with van der Waals surface area (Å²) in [5.74, 6) is -0.401. The van der Waals surface area contributed by atoms with Crippen molar-refractivity contribution in [2.45, 2.75) is 12.7 Å². The zero-order valence-electron chi connectivity index (χ0n) is 11.9. The minimum Gasteiger partial charge on any atom is -0.348 e.